The predicted molar refractivity (Wildman–Crippen MR) is 75.9 cm³/mol. The van der Waals surface area contributed by atoms with Crippen molar-refractivity contribution in [1.29, 1.82) is 0 Å². The summed E-state index contributed by atoms with van der Waals surface area (Å²) < 4.78 is 0. The van der Waals surface area contributed by atoms with Crippen LogP contribution in [0.3, 0.4) is 0 Å². The monoisotopic (exact) mass is 258 g/mol. The van der Waals surface area contributed by atoms with Crippen LogP contribution in [0.4, 0.5) is 0 Å². The minimum absolute atomic E-state index is 0.197. The summed E-state index contributed by atoms with van der Waals surface area (Å²) in [5.41, 5.74) is 1.56. The SMILES string of the molecule is O=C1CCNCC2(CCN(Cc3ccccc3)C2)C1. The molecule has 0 radical (unpaired) electrons. The van der Waals surface area contributed by atoms with Crippen LogP contribution in [-0.4, -0.2) is 36.9 Å². The summed E-state index contributed by atoms with van der Waals surface area (Å²) in [6.45, 7) is 5.05. The van der Waals surface area contributed by atoms with Crippen LogP contribution in [0.15, 0.2) is 30.3 Å². The number of carbonyl (C=O) groups is 1. The van der Waals surface area contributed by atoms with Crippen molar-refractivity contribution in [1.82, 2.24) is 10.2 Å². The maximum Gasteiger partial charge on any atom is 0.134 e. The minimum Gasteiger partial charge on any atom is -0.316 e. The third-order valence-electron chi connectivity index (χ3n) is 4.42. The molecule has 102 valence electrons. The summed E-state index contributed by atoms with van der Waals surface area (Å²) in [5, 5.41) is 3.45. The van der Waals surface area contributed by atoms with E-state index < -0.39 is 0 Å². The first kappa shape index (κ1) is 12.8. The van der Waals surface area contributed by atoms with Crippen LogP contribution in [-0.2, 0) is 11.3 Å². The number of nitrogens with zero attached hydrogens (tertiary/aromatic N) is 1. The van der Waals surface area contributed by atoms with Crippen LogP contribution in [0.25, 0.3) is 0 Å². The highest BCUT2D eigenvalue weighted by molar-refractivity contribution is 5.79. The smallest absolute Gasteiger partial charge is 0.134 e. The zero-order valence-electron chi connectivity index (χ0n) is 11.4. The van der Waals surface area contributed by atoms with Crippen molar-refractivity contribution in [3.63, 3.8) is 0 Å². The molecule has 1 unspecified atom stereocenters. The molecule has 0 bridgehead atoms. The van der Waals surface area contributed by atoms with E-state index in [-0.39, 0.29) is 5.41 Å². The molecule has 2 heterocycles. The lowest BCUT2D eigenvalue weighted by molar-refractivity contribution is -0.120. The molecule has 2 aliphatic heterocycles. The first-order valence-electron chi connectivity index (χ1n) is 7.25. The first-order chi connectivity index (χ1) is 9.26. The Morgan fingerprint density at radius 1 is 1.26 bits per heavy atom. The maximum absolute atomic E-state index is 11.9. The van der Waals surface area contributed by atoms with E-state index >= 15 is 0 Å². The Morgan fingerprint density at radius 3 is 2.95 bits per heavy atom. The molecule has 0 amide bonds. The number of hydrogen-bond acceptors (Lipinski definition) is 3. The lowest BCUT2D eigenvalue weighted by Gasteiger charge is -2.27. The average molecular weight is 258 g/mol. The van der Waals surface area contributed by atoms with Gasteiger partial charge in [-0.2, -0.15) is 0 Å². The van der Waals surface area contributed by atoms with Gasteiger partial charge in [-0.1, -0.05) is 30.3 Å². The Labute approximate surface area is 115 Å². The second-order valence-electron chi connectivity index (χ2n) is 6.09. The molecule has 0 aliphatic carbocycles. The van der Waals surface area contributed by atoms with E-state index in [0.717, 1.165) is 45.6 Å². The van der Waals surface area contributed by atoms with Crippen molar-refractivity contribution < 1.29 is 4.79 Å². The van der Waals surface area contributed by atoms with Gasteiger partial charge in [-0.05, 0) is 18.5 Å². The van der Waals surface area contributed by atoms with Gasteiger partial charge in [-0.3, -0.25) is 9.69 Å². The number of rotatable bonds is 2. The van der Waals surface area contributed by atoms with Crippen LogP contribution in [0, 0.1) is 5.41 Å². The van der Waals surface area contributed by atoms with Crippen molar-refractivity contribution in [2.75, 3.05) is 26.2 Å². The van der Waals surface area contributed by atoms with Gasteiger partial charge in [0.2, 0.25) is 0 Å². The highest BCUT2D eigenvalue weighted by Crippen LogP contribution is 2.35. The molecular weight excluding hydrogens is 236 g/mol. The van der Waals surface area contributed by atoms with Gasteiger partial charge in [-0.25, -0.2) is 0 Å². The summed E-state index contributed by atoms with van der Waals surface area (Å²) in [6, 6.07) is 10.6. The Kier molecular flexibility index (Phi) is 3.67. The van der Waals surface area contributed by atoms with Gasteiger partial charge in [0.05, 0.1) is 0 Å². The predicted octanol–water partition coefficient (Wildman–Crippen LogP) is 1.83. The molecule has 2 aliphatic rings. The van der Waals surface area contributed by atoms with E-state index in [0.29, 0.717) is 12.2 Å². The van der Waals surface area contributed by atoms with E-state index in [4.69, 9.17) is 0 Å². The number of benzene rings is 1. The van der Waals surface area contributed by atoms with E-state index in [2.05, 4.69) is 40.5 Å². The number of ketones is 1. The second kappa shape index (κ2) is 5.43. The molecule has 0 aromatic heterocycles. The van der Waals surface area contributed by atoms with E-state index in [1.54, 1.807) is 0 Å². The number of likely N-dealkylation sites (tertiary alicyclic amines) is 1. The van der Waals surface area contributed by atoms with Gasteiger partial charge in [0.25, 0.3) is 0 Å². The average Bonchev–Trinajstić information content (AvgIpc) is 2.69. The van der Waals surface area contributed by atoms with Crippen molar-refractivity contribution in [3.05, 3.63) is 35.9 Å². The molecular formula is C16H22N2O. The van der Waals surface area contributed by atoms with Crippen LogP contribution in [0.1, 0.15) is 24.8 Å². The van der Waals surface area contributed by atoms with Gasteiger partial charge in [0, 0.05) is 44.4 Å². The fraction of sp³-hybridized carbons (Fsp3) is 0.562. The fourth-order valence-corrected chi connectivity index (χ4v) is 3.44. The Bertz CT molecular complexity index is 445. The fourth-order valence-electron chi connectivity index (χ4n) is 3.44. The molecule has 3 heteroatoms. The third kappa shape index (κ3) is 3.04. The highest BCUT2D eigenvalue weighted by Gasteiger charge is 2.40. The van der Waals surface area contributed by atoms with Crippen LogP contribution in [0.2, 0.25) is 0 Å². The number of nitrogens with one attached hydrogen (secondary N) is 1. The zero-order valence-corrected chi connectivity index (χ0v) is 11.4. The van der Waals surface area contributed by atoms with Crippen LogP contribution < -0.4 is 5.32 Å². The summed E-state index contributed by atoms with van der Waals surface area (Å²) >= 11 is 0. The van der Waals surface area contributed by atoms with Crippen LogP contribution >= 0.6 is 0 Å². The molecule has 3 rings (SSSR count). The molecule has 1 spiro atoms. The molecule has 1 aromatic carbocycles. The third-order valence-corrected chi connectivity index (χ3v) is 4.42. The molecule has 19 heavy (non-hydrogen) atoms. The second-order valence-corrected chi connectivity index (χ2v) is 6.09. The molecule has 0 saturated carbocycles. The standard InChI is InChI=1S/C16H22N2O/c19-15-6-8-17-12-16(10-15)7-9-18(13-16)11-14-4-2-1-3-5-14/h1-5,17H,6-13H2. The Hall–Kier alpha value is -1.19. The molecule has 3 nitrogen and oxygen atoms in total. The summed E-state index contributed by atoms with van der Waals surface area (Å²) in [6.07, 6.45) is 2.63. The molecule has 2 saturated heterocycles. The summed E-state index contributed by atoms with van der Waals surface area (Å²) in [4.78, 5) is 14.3. The summed E-state index contributed by atoms with van der Waals surface area (Å²) in [7, 11) is 0. The van der Waals surface area contributed by atoms with E-state index in [9.17, 15) is 4.79 Å². The topological polar surface area (TPSA) is 32.3 Å². The van der Waals surface area contributed by atoms with Gasteiger partial charge >= 0.3 is 0 Å². The van der Waals surface area contributed by atoms with Crippen molar-refractivity contribution >= 4 is 5.78 Å². The van der Waals surface area contributed by atoms with Crippen molar-refractivity contribution in [2.45, 2.75) is 25.8 Å². The van der Waals surface area contributed by atoms with Crippen molar-refractivity contribution in [3.8, 4) is 0 Å². The molecule has 1 aromatic rings. The number of Topliss-reactive ketones (excluding diaryl/α,β-unsaturated/α-hetero) is 1. The first-order valence-corrected chi connectivity index (χ1v) is 7.25. The quantitative estimate of drug-likeness (QED) is 0.878. The van der Waals surface area contributed by atoms with E-state index in [1.165, 1.54) is 5.56 Å². The Balaban J connectivity index is 1.64. The van der Waals surface area contributed by atoms with Crippen molar-refractivity contribution in [2.24, 2.45) is 5.41 Å². The Morgan fingerprint density at radius 2 is 2.11 bits per heavy atom. The van der Waals surface area contributed by atoms with Gasteiger partial charge < -0.3 is 5.32 Å². The highest BCUT2D eigenvalue weighted by atomic mass is 16.1. The van der Waals surface area contributed by atoms with E-state index in [1.807, 2.05) is 0 Å². The minimum atomic E-state index is 0.197. The molecule has 2 fully saturated rings. The summed E-state index contributed by atoms with van der Waals surface area (Å²) in [5.74, 6) is 0.437. The lowest BCUT2D eigenvalue weighted by atomic mass is 9.82. The molecule has 1 N–H and O–H groups in total. The normalized spacial score (nSPS) is 28.7. The van der Waals surface area contributed by atoms with Gasteiger partial charge in [0.15, 0.2) is 0 Å². The van der Waals surface area contributed by atoms with Gasteiger partial charge in [0.1, 0.15) is 5.78 Å². The maximum atomic E-state index is 11.9. The zero-order chi connectivity index (χ0) is 13.1. The lowest BCUT2D eigenvalue weighted by Crippen LogP contribution is -2.36. The molecule has 1 atom stereocenters. The number of hydrogen-bond donors (Lipinski definition) is 1. The van der Waals surface area contributed by atoms with Crippen LogP contribution in [0.5, 0.6) is 0 Å². The largest absolute Gasteiger partial charge is 0.316 e. The van der Waals surface area contributed by atoms with Gasteiger partial charge in [-0.15, -0.1) is 0 Å². The number of carbonyl (C=O) groups excluding carboxylic acids is 1.